The third kappa shape index (κ3) is 3.85. The first kappa shape index (κ1) is 11.9. The van der Waals surface area contributed by atoms with Crippen LogP contribution < -0.4 is 4.90 Å². The molecule has 0 amide bonds. The lowest BCUT2D eigenvalue weighted by Gasteiger charge is -2.19. The highest BCUT2D eigenvalue weighted by Crippen LogP contribution is 2.16. The van der Waals surface area contributed by atoms with Gasteiger partial charge < -0.3 is 14.7 Å². The van der Waals surface area contributed by atoms with Gasteiger partial charge in [-0.1, -0.05) is 12.1 Å². The Labute approximate surface area is 89.1 Å². The molecule has 0 bridgehead atoms. The van der Waals surface area contributed by atoms with Crippen LogP contribution in [0.4, 0.5) is 10.1 Å². The van der Waals surface area contributed by atoms with Crippen molar-refractivity contribution in [3.05, 3.63) is 30.1 Å². The van der Waals surface area contributed by atoms with E-state index in [-0.39, 0.29) is 12.4 Å². The average molecular weight is 213 g/mol. The summed E-state index contributed by atoms with van der Waals surface area (Å²) in [5.74, 6) is -0.234. The van der Waals surface area contributed by atoms with Gasteiger partial charge in [0.1, 0.15) is 5.82 Å². The van der Waals surface area contributed by atoms with Gasteiger partial charge in [-0.25, -0.2) is 4.39 Å². The number of benzene rings is 1. The summed E-state index contributed by atoms with van der Waals surface area (Å²) in [6.45, 7) is 1.42. The molecule has 0 saturated heterocycles. The molecule has 15 heavy (non-hydrogen) atoms. The van der Waals surface area contributed by atoms with E-state index in [1.807, 2.05) is 0 Å². The number of hydrogen-bond acceptors (Lipinski definition) is 3. The molecular weight excluding hydrogens is 197 g/mol. The highest BCUT2D eigenvalue weighted by Gasteiger charge is 2.05. The molecule has 0 fully saturated rings. The number of rotatable bonds is 6. The molecule has 0 unspecified atom stereocenters. The lowest BCUT2D eigenvalue weighted by molar-refractivity contribution is 0.0971. The van der Waals surface area contributed by atoms with Crippen LogP contribution in [0.3, 0.4) is 0 Å². The average Bonchev–Trinajstić information content (AvgIpc) is 2.25. The van der Waals surface area contributed by atoms with E-state index in [2.05, 4.69) is 0 Å². The van der Waals surface area contributed by atoms with Gasteiger partial charge >= 0.3 is 0 Å². The number of hydrogen-bond donors (Lipinski definition) is 1. The van der Waals surface area contributed by atoms with E-state index in [1.165, 1.54) is 6.07 Å². The third-order valence-corrected chi connectivity index (χ3v) is 2.07. The second-order valence-corrected chi connectivity index (χ2v) is 3.21. The van der Waals surface area contributed by atoms with Crippen molar-refractivity contribution in [2.45, 2.75) is 0 Å². The zero-order valence-corrected chi connectivity index (χ0v) is 8.82. The number of aliphatic hydroxyl groups is 1. The van der Waals surface area contributed by atoms with Crippen LogP contribution in [-0.2, 0) is 4.74 Å². The molecule has 84 valence electrons. The fourth-order valence-electron chi connectivity index (χ4n) is 1.25. The van der Waals surface area contributed by atoms with Gasteiger partial charge in [0.25, 0.3) is 0 Å². The Kier molecular flexibility index (Phi) is 5.07. The van der Waals surface area contributed by atoms with Gasteiger partial charge in [-0.05, 0) is 12.1 Å². The monoisotopic (exact) mass is 213 g/mol. The molecule has 0 aliphatic rings. The fraction of sp³-hybridized carbons (Fsp3) is 0.455. The second-order valence-electron chi connectivity index (χ2n) is 3.21. The van der Waals surface area contributed by atoms with Crippen LogP contribution in [0.5, 0.6) is 0 Å². The number of anilines is 1. The third-order valence-electron chi connectivity index (χ3n) is 2.07. The quantitative estimate of drug-likeness (QED) is 0.722. The van der Waals surface area contributed by atoms with Gasteiger partial charge in [0.05, 0.1) is 25.5 Å². The Morgan fingerprint density at radius 3 is 2.73 bits per heavy atom. The summed E-state index contributed by atoms with van der Waals surface area (Å²) < 4.78 is 18.4. The van der Waals surface area contributed by atoms with Crippen molar-refractivity contribution in [3.8, 4) is 0 Å². The van der Waals surface area contributed by atoms with Crippen molar-refractivity contribution < 1.29 is 14.2 Å². The molecule has 1 aromatic rings. The maximum Gasteiger partial charge on any atom is 0.146 e. The van der Waals surface area contributed by atoms with Crippen LogP contribution in [0.2, 0.25) is 0 Å². The zero-order valence-electron chi connectivity index (χ0n) is 8.82. The van der Waals surface area contributed by atoms with E-state index in [4.69, 9.17) is 9.84 Å². The molecule has 0 heterocycles. The summed E-state index contributed by atoms with van der Waals surface area (Å²) >= 11 is 0. The molecule has 0 spiro atoms. The molecular formula is C11H16FNO2. The van der Waals surface area contributed by atoms with Gasteiger partial charge in [0.15, 0.2) is 0 Å². The zero-order chi connectivity index (χ0) is 11.1. The highest BCUT2D eigenvalue weighted by molar-refractivity contribution is 5.46. The summed E-state index contributed by atoms with van der Waals surface area (Å²) in [5, 5.41) is 8.49. The molecule has 0 atom stereocenters. The molecule has 4 heteroatoms. The normalized spacial score (nSPS) is 10.3. The van der Waals surface area contributed by atoms with Crippen LogP contribution in [0.25, 0.3) is 0 Å². The van der Waals surface area contributed by atoms with Crippen molar-refractivity contribution in [2.75, 3.05) is 38.3 Å². The van der Waals surface area contributed by atoms with Crippen LogP contribution in [0.1, 0.15) is 0 Å². The summed E-state index contributed by atoms with van der Waals surface area (Å²) in [6.07, 6.45) is 0. The second kappa shape index (κ2) is 6.37. The number of halogens is 1. The number of aliphatic hydroxyl groups excluding tert-OH is 1. The first-order chi connectivity index (χ1) is 7.25. The molecule has 0 aliphatic heterocycles. The van der Waals surface area contributed by atoms with E-state index in [0.29, 0.717) is 25.4 Å². The van der Waals surface area contributed by atoms with Crippen molar-refractivity contribution in [3.63, 3.8) is 0 Å². The van der Waals surface area contributed by atoms with Crippen molar-refractivity contribution in [1.29, 1.82) is 0 Å². The van der Waals surface area contributed by atoms with Crippen LogP contribution in [-0.4, -0.2) is 38.5 Å². The summed E-state index contributed by atoms with van der Waals surface area (Å²) in [7, 11) is 1.81. The minimum Gasteiger partial charge on any atom is -0.394 e. The van der Waals surface area contributed by atoms with Gasteiger partial charge in [0, 0.05) is 13.6 Å². The summed E-state index contributed by atoms with van der Waals surface area (Å²) in [4.78, 5) is 1.78. The molecule has 0 radical (unpaired) electrons. The van der Waals surface area contributed by atoms with Gasteiger partial charge in [-0.3, -0.25) is 0 Å². The SMILES string of the molecule is CN(CCOCCO)c1ccccc1F. The molecule has 0 aliphatic carbocycles. The molecule has 0 aromatic heterocycles. The first-order valence-electron chi connectivity index (χ1n) is 4.90. The number of nitrogens with zero attached hydrogens (tertiary/aromatic N) is 1. The van der Waals surface area contributed by atoms with E-state index < -0.39 is 0 Å². The fourth-order valence-corrected chi connectivity index (χ4v) is 1.25. The van der Waals surface area contributed by atoms with Crippen LogP contribution in [0.15, 0.2) is 24.3 Å². The molecule has 0 saturated carbocycles. The van der Waals surface area contributed by atoms with E-state index >= 15 is 0 Å². The van der Waals surface area contributed by atoms with Gasteiger partial charge in [0.2, 0.25) is 0 Å². The Morgan fingerprint density at radius 1 is 1.33 bits per heavy atom. The lowest BCUT2D eigenvalue weighted by atomic mass is 10.3. The maximum absolute atomic E-state index is 13.3. The van der Waals surface area contributed by atoms with E-state index in [0.717, 1.165) is 0 Å². The van der Waals surface area contributed by atoms with E-state index in [1.54, 1.807) is 30.1 Å². The predicted molar refractivity (Wildman–Crippen MR) is 57.6 cm³/mol. The molecule has 1 aromatic carbocycles. The van der Waals surface area contributed by atoms with Gasteiger partial charge in [-0.15, -0.1) is 0 Å². The Hall–Kier alpha value is -1.13. The van der Waals surface area contributed by atoms with Crippen molar-refractivity contribution >= 4 is 5.69 Å². The van der Waals surface area contributed by atoms with Crippen LogP contribution in [0, 0.1) is 5.82 Å². The van der Waals surface area contributed by atoms with Gasteiger partial charge in [-0.2, -0.15) is 0 Å². The minimum absolute atomic E-state index is 0.0173. The molecule has 3 nitrogen and oxygen atoms in total. The van der Waals surface area contributed by atoms with Crippen molar-refractivity contribution in [2.24, 2.45) is 0 Å². The molecule has 1 rings (SSSR count). The Balaban J connectivity index is 2.40. The first-order valence-corrected chi connectivity index (χ1v) is 4.90. The molecule has 1 N–H and O–H groups in total. The Bertz CT molecular complexity index is 294. The maximum atomic E-state index is 13.3. The van der Waals surface area contributed by atoms with Crippen LogP contribution >= 0.6 is 0 Å². The largest absolute Gasteiger partial charge is 0.394 e. The number of ether oxygens (including phenoxy) is 1. The number of likely N-dealkylation sites (N-methyl/N-ethyl adjacent to an activating group) is 1. The number of para-hydroxylation sites is 1. The standard InChI is InChI=1S/C11H16FNO2/c1-13(6-8-15-9-7-14)11-5-3-2-4-10(11)12/h2-5,14H,6-9H2,1H3. The van der Waals surface area contributed by atoms with E-state index in [9.17, 15) is 4.39 Å². The highest BCUT2D eigenvalue weighted by atomic mass is 19.1. The smallest absolute Gasteiger partial charge is 0.146 e. The predicted octanol–water partition coefficient (Wildman–Crippen LogP) is 1.27. The Morgan fingerprint density at radius 2 is 2.07 bits per heavy atom. The van der Waals surface area contributed by atoms with Crippen molar-refractivity contribution in [1.82, 2.24) is 0 Å². The summed E-state index contributed by atoms with van der Waals surface area (Å²) in [5.41, 5.74) is 0.560. The minimum atomic E-state index is -0.234. The lowest BCUT2D eigenvalue weighted by Crippen LogP contribution is -2.23. The topological polar surface area (TPSA) is 32.7 Å². The summed E-state index contributed by atoms with van der Waals surface area (Å²) in [6, 6.07) is 6.61.